The number of amides is 1. The summed E-state index contributed by atoms with van der Waals surface area (Å²) in [7, 11) is 0. The minimum atomic E-state index is -0.384. The first-order chi connectivity index (χ1) is 8.99. The number of carbonyl (C=O) groups excluding carboxylic acids is 2. The van der Waals surface area contributed by atoms with Crippen molar-refractivity contribution in [2.24, 2.45) is 0 Å². The zero-order valence-corrected chi connectivity index (χ0v) is 13.0. The second-order valence-corrected chi connectivity index (χ2v) is 5.00. The van der Waals surface area contributed by atoms with Crippen molar-refractivity contribution in [1.29, 1.82) is 0 Å². The van der Waals surface area contributed by atoms with Gasteiger partial charge in [-0.25, -0.2) is 0 Å². The fourth-order valence-corrected chi connectivity index (χ4v) is 2.05. The van der Waals surface area contributed by atoms with Crippen molar-refractivity contribution >= 4 is 27.8 Å². The second-order valence-electron chi connectivity index (χ2n) is 4.08. The SMILES string of the molecule is CCOC(=O)CN(CC)C(=O)c1cc(Br)ccc1C. The molecule has 0 saturated carbocycles. The molecule has 0 aliphatic heterocycles. The molecule has 0 saturated heterocycles. The number of ether oxygens (including phenoxy) is 1. The van der Waals surface area contributed by atoms with Gasteiger partial charge >= 0.3 is 5.97 Å². The van der Waals surface area contributed by atoms with E-state index in [0.717, 1.165) is 10.0 Å². The Kier molecular flexibility index (Phi) is 6.02. The maximum absolute atomic E-state index is 12.4. The van der Waals surface area contributed by atoms with Crippen molar-refractivity contribution in [2.45, 2.75) is 20.8 Å². The van der Waals surface area contributed by atoms with Crippen molar-refractivity contribution < 1.29 is 14.3 Å². The number of benzene rings is 1. The Balaban J connectivity index is 2.89. The lowest BCUT2D eigenvalue weighted by Crippen LogP contribution is -2.36. The fraction of sp³-hybridized carbons (Fsp3) is 0.429. The van der Waals surface area contributed by atoms with Crippen LogP contribution in [-0.4, -0.2) is 36.5 Å². The van der Waals surface area contributed by atoms with E-state index in [4.69, 9.17) is 4.74 Å². The van der Waals surface area contributed by atoms with Crippen LogP contribution in [0.3, 0.4) is 0 Å². The average Bonchev–Trinajstić information content (AvgIpc) is 2.38. The van der Waals surface area contributed by atoms with E-state index in [1.54, 1.807) is 13.0 Å². The van der Waals surface area contributed by atoms with Crippen LogP contribution >= 0.6 is 15.9 Å². The Morgan fingerprint density at radius 3 is 2.58 bits per heavy atom. The Morgan fingerprint density at radius 2 is 2.00 bits per heavy atom. The highest BCUT2D eigenvalue weighted by Gasteiger charge is 2.19. The van der Waals surface area contributed by atoms with Gasteiger partial charge in [0.15, 0.2) is 0 Å². The summed E-state index contributed by atoms with van der Waals surface area (Å²) in [5.41, 5.74) is 1.48. The van der Waals surface area contributed by atoms with E-state index in [2.05, 4.69) is 15.9 Å². The monoisotopic (exact) mass is 327 g/mol. The Morgan fingerprint density at radius 1 is 1.32 bits per heavy atom. The highest BCUT2D eigenvalue weighted by atomic mass is 79.9. The molecular formula is C14H18BrNO3. The standard InChI is InChI=1S/C14H18BrNO3/c1-4-16(9-13(17)19-5-2)14(18)12-8-11(15)7-6-10(12)3/h6-8H,4-5,9H2,1-3H3. The summed E-state index contributed by atoms with van der Waals surface area (Å²) in [6.07, 6.45) is 0. The zero-order valence-electron chi connectivity index (χ0n) is 11.4. The molecule has 0 aromatic heterocycles. The molecule has 0 atom stereocenters. The molecule has 1 rings (SSSR count). The third kappa shape index (κ3) is 4.35. The van der Waals surface area contributed by atoms with Crippen LogP contribution in [0.4, 0.5) is 0 Å². The molecule has 104 valence electrons. The topological polar surface area (TPSA) is 46.6 Å². The van der Waals surface area contributed by atoms with Crippen LogP contribution in [0.25, 0.3) is 0 Å². The largest absolute Gasteiger partial charge is 0.465 e. The van der Waals surface area contributed by atoms with Crippen LogP contribution in [0, 0.1) is 6.92 Å². The molecule has 0 aliphatic rings. The van der Waals surface area contributed by atoms with Crippen LogP contribution in [0.5, 0.6) is 0 Å². The van der Waals surface area contributed by atoms with Crippen molar-refractivity contribution in [3.05, 3.63) is 33.8 Å². The lowest BCUT2D eigenvalue weighted by Gasteiger charge is -2.20. The Hall–Kier alpha value is -1.36. The molecule has 19 heavy (non-hydrogen) atoms. The predicted molar refractivity (Wildman–Crippen MR) is 77.1 cm³/mol. The number of rotatable bonds is 5. The van der Waals surface area contributed by atoms with Gasteiger partial charge in [-0.3, -0.25) is 9.59 Å². The molecule has 0 aliphatic carbocycles. The van der Waals surface area contributed by atoms with Crippen molar-refractivity contribution in [1.82, 2.24) is 4.90 Å². The van der Waals surface area contributed by atoms with Crippen LogP contribution in [0.2, 0.25) is 0 Å². The van der Waals surface area contributed by atoms with E-state index >= 15 is 0 Å². The lowest BCUT2D eigenvalue weighted by atomic mass is 10.1. The van der Waals surface area contributed by atoms with E-state index in [1.165, 1.54) is 4.90 Å². The molecular weight excluding hydrogens is 310 g/mol. The predicted octanol–water partition coefficient (Wildman–Crippen LogP) is 2.78. The van der Waals surface area contributed by atoms with E-state index in [1.807, 2.05) is 26.0 Å². The van der Waals surface area contributed by atoms with E-state index in [0.29, 0.717) is 18.7 Å². The van der Waals surface area contributed by atoms with Crippen LogP contribution in [0.15, 0.2) is 22.7 Å². The number of carbonyl (C=O) groups is 2. The third-order valence-electron chi connectivity index (χ3n) is 2.72. The molecule has 0 N–H and O–H groups in total. The quantitative estimate of drug-likeness (QED) is 0.781. The molecule has 0 radical (unpaired) electrons. The molecule has 1 aromatic rings. The molecule has 5 heteroatoms. The number of likely N-dealkylation sites (N-methyl/N-ethyl adjacent to an activating group) is 1. The van der Waals surface area contributed by atoms with Gasteiger partial charge < -0.3 is 9.64 Å². The Labute approximate surface area is 121 Å². The smallest absolute Gasteiger partial charge is 0.325 e. The summed E-state index contributed by atoms with van der Waals surface area (Å²) >= 11 is 3.35. The van der Waals surface area contributed by atoms with Gasteiger partial charge in [-0.1, -0.05) is 22.0 Å². The molecule has 0 unspecified atom stereocenters. The van der Waals surface area contributed by atoms with Crippen LogP contribution < -0.4 is 0 Å². The fourth-order valence-electron chi connectivity index (χ4n) is 1.68. The maximum atomic E-state index is 12.4. The van der Waals surface area contributed by atoms with Crippen molar-refractivity contribution in [3.63, 3.8) is 0 Å². The number of nitrogens with zero attached hydrogens (tertiary/aromatic N) is 1. The first kappa shape index (κ1) is 15.7. The number of esters is 1. The highest BCUT2D eigenvalue weighted by Crippen LogP contribution is 2.17. The number of hydrogen-bond acceptors (Lipinski definition) is 3. The normalized spacial score (nSPS) is 10.1. The van der Waals surface area contributed by atoms with Crippen LogP contribution in [0.1, 0.15) is 29.8 Å². The summed E-state index contributed by atoms with van der Waals surface area (Å²) in [6, 6.07) is 5.52. The van der Waals surface area contributed by atoms with E-state index < -0.39 is 0 Å². The molecule has 0 spiro atoms. The molecule has 0 bridgehead atoms. The third-order valence-corrected chi connectivity index (χ3v) is 3.22. The van der Waals surface area contributed by atoms with Gasteiger partial charge in [-0.05, 0) is 38.5 Å². The molecule has 1 aromatic carbocycles. The van der Waals surface area contributed by atoms with Gasteiger partial charge in [0.2, 0.25) is 0 Å². The Bertz CT molecular complexity index is 474. The lowest BCUT2D eigenvalue weighted by molar-refractivity contribution is -0.143. The summed E-state index contributed by atoms with van der Waals surface area (Å²) in [4.78, 5) is 25.3. The molecule has 0 fully saturated rings. The number of halogens is 1. The van der Waals surface area contributed by atoms with E-state index in [-0.39, 0.29) is 18.4 Å². The first-order valence-corrected chi connectivity index (χ1v) is 6.99. The second kappa shape index (κ2) is 7.28. The number of aryl methyl sites for hydroxylation is 1. The van der Waals surface area contributed by atoms with Gasteiger partial charge in [0.1, 0.15) is 6.54 Å². The minimum Gasteiger partial charge on any atom is -0.465 e. The maximum Gasteiger partial charge on any atom is 0.325 e. The summed E-state index contributed by atoms with van der Waals surface area (Å²) in [6.45, 7) is 6.22. The molecule has 1 amide bonds. The van der Waals surface area contributed by atoms with Gasteiger partial charge in [0, 0.05) is 16.6 Å². The average molecular weight is 328 g/mol. The molecule has 0 heterocycles. The van der Waals surface area contributed by atoms with Crippen molar-refractivity contribution in [3.8, 4) is 0 Å². The highest BCUT2D eigenvalue weighted by molar-refractivity contribution is 9.10. The summed E-state index contributed by atoms with van der Waals surface area (Å²) in [5.74, 6) is -0.542. The zero-order chi connectivity index (χ0) is 14.4. The van der Waals surface area contributed by atoms with Crippen LogP contribution in [-0.2, 0) is 9.53 Å². The van der Waals surface area contributed by atoms with Crippen molar-refractivity contribution in [2.75, 3.05) is 19.7 Å². The van der Waals surface area contributed by atoms with Gasteiger partial charge in [0.05, 0.1) is 6.61 Å². The van der Waals surface area contributed by atoms with Gasteiger partial charge in [-0.2, -0.15) is 0 Å². The first-order valence-electron chi connectivity index (χ1n) is 6.20. The minimum absolute atomic E-state index is 0.0187. The summed E-state index contributed by atoms with van der Waals surface area (Å²) < 4.78 is 5.71. The van der Waals surface area contributed by atoms with E-state index in [9.17, 15) is 9.59 Å². The summed E-state index contributed by atoms with van der Waals surface area (Å²) in [5, 5.41) is 0. The molecule has 4 nitrogen and oxygen atoms in total. The van der Waals surface area contributed by atoms with Gasteiger partial charge in [0.25, 0.3) is 5.91 Å². The number of hydrogen-bond donors (Lipinski definition) is 0. The van der Waals surface area contributed by atoms with Gasteiger partial charge in [-0.15, -0.1) is 0 Å².